The first-order valence-electron chi connectivity index (χ1n) is 6.60. The van der Waals surface area contributed by atoms with Crippen molar-refractivity contribution in [3.05, 3.63) is 71.3 Å². The Hall–Kier alpha value is -1.60. The monoisotopic (exact) mass is 239 g/mol. The van der Waals surface area contributed by atoms with Crippen LogP contribution >= 0.6 is 0 Å². The topological polar surface area (TPSA) is 12.0 Å². The Morgan fingerprint density at radius 1 is 0.944 bits per heavy atom. The number of hydrogen-bond acceptors (Lipinski definition) is 1. The van der Waals surface area contributed by atoms with Gasteiger partial charge in [-0.3, -0.25) is 0 Å². The molecule has 0 aliphatic carbocycles. The van der Waals surface area contributed by atoms with Gasteiger partial charge < -0.3 is 5.32 Å². The summed E-state index contributed by atoms with van der Waals surface area (Å²) in [5, 5.41) is 3.59. The van der Waals surface area contributed by atoms with Gasteiger partial charge in [-0.2, -0.15) is 0 Å². The maximum atomic E-state index is 3.59. The summed E-state index contributed by atoms with van der Waals surface area (Å²) >= 11 is 0. The molecule has 0 spiro atoms. The average molecular weight is 239 g/mol. The molecule has 0 aromatic heterocycles. The van der Waals surface area contributed by atoms with Gasteiger partial charge >= 0.3 is 0 Å². The highest BCUT2D eigenvalue weighted by atomic mass is 14.9. The second-order valence-corrected chi connectivity index (χ2v) is 4.77. The molecule has 0 heterocycles. The van der Waals surface area contributed by atoms with Gasteiger partial charge in [0.1, 0.15) is 0 Å². The molecule has 1 heteroatoms. The minimum absolute atomic E-state index is 0.412. The summed E-state index contributed by atoms with van der Waals surface area (Å²) in [6.45, 7) is 5.41. The number of hydrogen-bond donors (Lipinski definition) is 1. The maximum Gasteiger partial charge on any atom is 0.0294 e. The van der Waals surface area contributed by atoms with E-state index in [1.54, 1.807) is 0 Å². The summed E-state index contributed by atoms with van der Waals surface area (Å²) in [7, 11) is 0. The normalized spacial score (nSPS) is 12.3. The molecule has 0 saturated heterocycles. The van der Waals surface area contributed by atoms with Crippen molar-refractivity contribution in [2.75, 3.05) is 6.54 Å². The van der Waals surface area contributed by atoms with E-state index in [2.05, 4.69) is 73.8 Å². The largest absolute Gasteiger partial charge is 0.310 e. The Morgan fingerprint density at radius 2 is 1.61 bits per heavy atom. The first-order valence-corrected chi connectivity index (χ1v) is 6.60. The Bertz CT molecular complexity index is 476. The lowest BCUT2D eigenvalue weighted by molar-refractivity contribution is 0.574. The van der Waals surface area contributed by atoms with Gasteiger partial charge in [0.2, 0.25) is 0 Å². The highest BCUT2D eigenvalue weighted by Crippen LogP contribution is 2.16. The zero-order chi connectivity index (χ0) is 12.8. The SMILES string of the molecule is Cc1ccccc1[C@@H](C)NCCc1ccccc1. The predicted molar refractivity (Wildman–Crippen MR) is 77.7 cm³/mol. The van der Waals surface area contributed by atoms with E-state index < -0.39 is 0 Å². The molecular formula is C17H21N. The third-order valence-electron chi connectivity index (χ3n) is 3.36. The van der Waals surface area contributed by atoms with E-state index in [9.17, 15) is 0 Å². The standard InChI is InChI=1S/C17H21N/c1-14-8-6-7-11-17(14)15(2)18-13-12-16-9-4-3-5-10-16/h3-11,15,18H,12-13H2,1-2H3/t15-/m1/s1. The lowest BCUT2D eigenvalue weighted by atomic mass is 10.0. The van der Waals surface area contributed by atoms with Crippen molar-refractivity contribution in [2.45, 2.75) is 26.3 Å². The van der Waals surface area contributed by atoms with Gasteiger partial charge in [-0.05, 0) is 43.5 Å². The lowest BCUT2D eigenvalue weighted by Crippen LogP contribution is -2.21. The zero-order valence-corrected chi connectivity index (χ0v) is 11.2. The fourth-order valence-corrected chi connectivity index (χ4v) is 2.26. The molecule has 0 amide bonds. The molecule has 0 radical (unpaired) electrons. The van der Waals surface area contributed by atoms with Gasteiger partial charge in [0, 0.05) is 6.04 Å². The van der Waals surface area contributed by atoms with Crippen LogP contribution in [0.1, 0.15) is 29.7 Å². The van der Waals surface area contributed by atoms with Crippen molar-refractivity contribution >= 4 is 0 Å². The second kappa shape index (κ2) is 6.36. The third-order valence-corrected chi connectivity index (χ3v) is 3.36. The van der Waals surface area contributed by atoms with Crippen molar-refractivity contribution in [3.8, 4) is 0 Å². The molecule has 2 rings (SSSR count). The molecule has 1 atom stereocenters. The summed E-state index contributed by atoms with van der Waals surface area (Å²) in [5.41, 5.74) is 4.14. The molecule has 1 nitrogen and oxygen atoms in total. The van der Waals surface area contributed by atoms with Crippen LogP contribution in [0.2, 0.25) is 0 Å². The van der Waals surface area contributed by atoms with Gasteiger partial charge in [-0.25, -0.2) is 0 Å². The third kappa shape index (κ3) is 3.44. The van der Waals surface area contributed by atoms with E-state index in [1.165, 1.54) is 16.7 Å². The van der Waals surface area contributed by atoms with Crippen LogP contribution in [-0.4, -0.2) is 6.54 Å². The minimum Gasteiger partial charge on any atom is -0.310 e. The van der Waals surface area contributed by atoms with Crippen LogP contribution in [0.15, 0.2) is 54.6 Å². The van der Waals surface area contributed by atoms with Crippen LogP contribution in [0.5, 0.6) is 0 Å². The summed E-state index contributed by atoms with van der Waals surface area (Å²) in [6, 6.07) is 19.6. The Kier molecular flexibility index (Phi) is 4.54. The van der Waals surface area contributed by atoms with Gasteiger partial charge in [0.15, 0.2) is 0 Å². The fraction of sp³-hybridized carbons (Fsp3) is 0.294. The van der Waals surface area contributed by atoms with Crippen LogP contribution < -0.4 is 5.32 Å². The van der Waals surface area contributed by atoms with Crippen molar-refractivity contribution in [2.24, 2.45) is 0 Å². The first-order chi connectivity index (χ1) is 8.77. The Labute approximate surface area is 110 Å². The van der Waals surface area contributed by atoms with Crippen LogP contribution in [0.3, 0.4) is 0 Å². The van der Waals surface area contributed by atoms with Crippen molar-refractivity contribution in [1.29, 1.82) is 0 Å². The van der Waals surface area contributed by atoms with Gasteiger partial charge in [-0.1, -0.05) is 54.6 Å². The fourth-order valence-electron chi connectivity index (χ4n) is 2.26. The van der Waals surface area contributed by atoms with Crippen LogP contribution in [0.25, 0.3) is 0 Å². The van der Waals surface area contributed by atoms with Gasteiger partial charge in [0.25, 0.3) is 0 Å². The summed E-state index contributed by atoms with van der Waals surface area (Å²) < 4.78 is 0. The molecule has 0 aliphatic heterocycles. The Balaban J connectivity index is 1.86. The lowest BCUT2D eigenvalue weighted by Gasteiger charge is -2.16. The maximum absolute atomic E-state index is 3.59. The van der Waals surface area contributed by atoms with E-state index in [-0.39, 0.29) is 0 Å². The first kappa shape index (κ1) is 12.8. The van der Waals surface area contributed by atoms with Gasteiger partial charge in [-0.15, -0.1) is 0 Å². The smallest absolute Gasteiger partial charge is 0.0294 e. The number of aryl methyl sites for hydroxylation is 1. The van der Waals surface area contributed by atoms with Crippen LogP contribution in [0, 0.1) is 6.92 Å². The quantitative estimate of drug-likeness (QED) is 0.834. The molecule has 0 unspecified atom stereocenters. The molecule has 0 fully saturated rings. The van der Waals surface area contributed by atoms with E-state index >= 15 is 0 Å². The Morgan fingerprint density at radius 3 is 2.33 bits per heavy atom. The molecule has 0 saturated carbocycles. The zero-order valence-electron chi connectivity index (χ0n) is 11.2. The molecule has 0 bridgehead atoms. The summed E-state index contributed by atoms with van der Waals surface area (Å²) in [5.74, 6) is 0. The molecule has 2 aromatic carbocycles. The van der Waals surface area contributed by atoms with Crippen molar-refractivity contribution in [3.63, 3.8) is 0 Å². The summed E-state index contributed by atoms with van der Waals surface area (Å²) in [4.78, 5) is 0. The van der Waals surface area contributed by atoms with Crippen molar-refractivity contribution in [1.82, 2.24) is 5.32 Å². The molecule has 94 valence electrons. The van der Waals surface area contributed by atoms with E-state index in [0.717, 1.165) is 13.0 Å². The van der Waals surface area contributed by atoms with E-state index in [0.29, 0.717) is 6.04 Å². The number of benzene rings is 2. The second-order valence-electron chi connectivity index (χ2n) is 4.77. The summed E-state index contributed by atoms with van der Waals surface area (Å²) in [6.07, 6.45) is 1.08. The predicted octanol–water partition coefficient (Wildman–Crippen LogP) is 3.89. The van der Waals surface area contributed by atoms with Crippen LogP contribution in [0.4, 0.5) is 0 Å². The highest BCUT2D eigenvalue weighted by molar-refractivity contribution is 5.28. The number of rotatable bonds is 5. The van der Waals surface area contributed by atoms with Gasteiger partial charge in [0.05, 0.1) is 0 Å². The van der Waals surface area contributed by atoms with Crippen molar-refractivity contribution < 1.29 is 0 Å². The highest BCUT2D eigenvalue weighted by Gasteiger charge is 2.06. The van der Waals surface area contributed by atoms with Crippen LogP contribution in [-0.2, 0) is 6.42 Å². The molecule has 1 N–H and O–H groups in total. The number of nitrogens with one attached hydrogen (secondary N) is 1. The molecule has 0 aliphatic rings. The molecular weight excluding hydrogens is 218 g/mol. The molecule has 18 heavy (non-hydrogen) atoms. The van der Waals surface area contributed by atoms with E-state index in [1.807, 2.05) is 0 Å². The average Bonchev–Trinajstić information content (AvgIpc) is 2.40. The minimum atomic E-state index is 0.412. The molecule has 2 aromatic rings. The van der Waals surface area contributed by atoms with E-state index in [4.69, 9.17) is 0 Å².